The van der Waals surface area contributed by atoms with Gasteiger partial charge in [-0.3, -0.25) is 0 Å². The number of ether oxygens (including phenoxy) is 1. The number of rotatable bonds is 7. The van der Waals surface area contributed by atoms with Gasteiger partial charge in [0.25, 0.3) is 0 Å². The molecule has 1 aromatic rings. The van der Waals surface area contributed by atoms with E-state index in [1.807, 2.05) is 12.1 Å². The van der Waals surface area contributed by atoms with Crippen molar-refractivity contribution in [3.8, 4) is 5.75 Å². The van der Waals surface area contributed by atoms with Crippen molar-refractivity contribution in [2.24, 2.45) is 5.92 Å². The van der Waals surface area contributed by atoms with Gasteiger partial charge in [0.2, 0.25) is 0 Å². The van der Waals surface area contributed by atoms with E-state index in [4.69, 9.17) is 4.74 Å². The van der Waals surface area contributed by atoms with E-state index < -0.39 is 0 Å². The van der Waals surface area contributed by atoms with Crippen molar-refractivity contribution in [2.75, 3.05) is 38.7 Å². The van der Waals surface area contributed by atoms with Crippen LogP contribution in [0.15, 0.2) is 24.3 Å². The predicted molar refractivity (Wildman–Crippen MR) is 81.1 cm³/mol. The zero-order chi connectivity index (χ0) is 13.5. The van der Waals surface area contributed by atoms with Crippen LogP contribution in [0.5, 0.6) is 5.75 Å². The molecule has 2 rings (SSSR count). The Hall–Kier alpha value is -1.22. The van der Waals surface area contributed by atoms with E-state index in [1.54, 1.807) is 7.11 Å². The van der Waals surface area contributed by atoms with Crippen molar-refractivity contribution in [3.63, 3.8) is 0 Å². The number of methoxy groups -OCH3 is 1. The lowest BCUT2D eigenvalue weighted by atomic mass is 10.1. The molecule has 3 heteroatoms. The summed E-state index contributed by atoms with van der Waals surface area (Å²) in [7, 11) is 3.84. The van der Waals surface area contributed by atoms with Crippen LogP contribution in [0.2, 0.25) is 0 Å². The van der Waals surface area contributed by atoms with Crippen LogP contribution < -0.4 is 15.0 Å². The molecule has 106 valence electrons. The average molecular weight is 262 g/mol. The van der Waals surface area contributed by atoms with Crippen LogP contribution in [-0.4, -0.2) is 33.8 Å². The third kappa shape index (κ3) is 4.43. The van der Waals surface area contributed by atoms with Crippen molar-refractivity contribution in [1.82, 2.24) is 5.32 Å². The smallest absolute Gasteiger partial charge is 0.119 e. The monoisotopic (exact) mass is 262 g/mol. The van der Waals surface area contributed by atoms with Gasteiger partial charge in [0.05, 0.1) is 7.11 Å². The highest BCUT2D eigenvalue weighted by atomic mass is 16.5. The minimum Gasteiger partial charge on any atom is -0.497 e. The molecule has 1 aliphatic carbocycles. The lowest BCUT2D eigenvalue weighted by Crippen LogP contribution is -2.31. The van der Waals surface area contributed by atoms with Crippen molar-refractivity contribution in [3.05, 3.63) is 24.3 Å². The molecule has 19 heavy (non-hydrogen) atoms. The number of anilines is 1. The largest absolute Gasteiger partial charge is 0.497 e. The van der Waals surface area contributed by atoms with Gasteiger partial charge in [0.1, 0.15) is 5.75 Å². The standard InChI is InChI=1S/C16H26N2O/c1-18(15-7-9-16(19-2)10-8-15)12-11-17-13-14-5-3-4-6-14/h7-10,14,17H,3-6,11-13H2,1-2H3. The van der Waals surface area contributed by atoms with Gasteiger partial charge in [-0.05, 0) is 49.6 Å². The highest BCUT2D eigenvalue weighted by Crippen LogP contribution is 2.23. The third-order valence-electron chi connectivity index (χ3n) is 4.04. The molecule has 1 saturated carbocycles. The van der Waals surface area contributed by atoms with Crippen LogP contribution in [0.4, 0.5) is 5.69 Å². The topological polar surface area (TPSA) is 24.5 Å². The van der Waals surface area contributed by atoms with E-state index in [0.717, 1.165) is 24.8 Å². The van der Waals surface area contributed by atoms with Gasteiger partial charge < -0.3 is 15.0 Å². The van der Waals surface area contributed by atoms with Gasteiger partial charge in [-0.25, -0.2) is 0 Å². The Morgan fingerprint density at radius 3 is 2.53 bits per heavy atom. The summed E-state index contributed by atoms with van der Waals surface area (Å²) in [5.74, 6) is 1.84. The molecular formula is C16H26N2O. The summed E-state index contributed by atoms with van der Waals surface area (Å²) in [6, 6.07) is 8.24. The first-order chi connectivity index (χ1) is 9.29. The van der Waals surface area contributed by atoms with Gasteiger partial charge in [0.15, 0.2) is 0 Å². The molecule has 0 aromatic heterocycles. The van der Waals surface area contributed by atoms with Gasteiger partial charge in [-0.2, -0.15) is 0 Å². The lowest BCUT2D eigenvalue weighted by molar-refractivity contribution is 0.415. The second-order valence-electron chi connectivity index (χ2n) is 5.47. The molecule has 0 saturated heterocycles. The highest BCUT2D eigenvalue weighted by molar-refractivity contribution is 5.48. The number of hydrogen-bond acceptors (Lipinski definition) is 3. The number of benzene rings is 1. The molecule has 1 aliphatic rings. The van der Waals surface area contributed by atoms with Crippen LogP contribution in [0.3, 0.4) is 0 Å². The summed E-state index contributed by atoms with van der Waals surface area (Å²) < 4.78 is 5.17. The van der Waals surface area contributed by atoms with Crippen LogP contribution in [0, 0.1) is 5.92 Å². The summed E-state index contributed by atoms with van der Waals surface area (Å²) >= 11 is 0. The molecule has 0 bridgehead atoms. The molecule has 0 radical (unpaired) electrons. The molecular weight excluding hydrogens is 236 g/mol. The Morgan fingerprint density at radius 1 is 1.21 bits per heavy atom. The summed E-state index contributed by atoms with van der Waals surface area (Å²) in [6.45, 7) is 3.29. The van der Waals surface area contributed by atoms with Crippen molar-refractivity contribution in [2.45, 2.75) is 25.7 Å². The quantitative estimate of drug-likeness (QED) is 0.765. The Balaban J connectivity index is 1.66. The average Bonchev–Trinajstić information content (AvgIpc) is 2.96. The van der Waals surface area contributed by atoms with E-state index >= 15 is 0 Å². The minimum absolute atomic E-state index is 0.913. The van der Waals surface area contributed by atoms with E-state index in [-0.39, 0.29) is 0 Å². The SMILES string of the molecule is COc1ccc(N(C)CCNCC2CCCC2)cc1. The molecule has 0 atom stereocenters. The number of likely N-dealkylation sites (N-methyl/N-ethyl adjacent to an activating group) is 1. The van der Waals surface area contributed by atoms with Crippen molar-refractivity contribution < 1.29 is 4.74 Å². The van der Waals surface area contributed by atoms with Crippen LogP contribution in [0.25, 0.3) is 0 Å². The normalized spacial score (nSPS) is 15.7. The maximum Gasteiger partial charge on any atom is 0.119 e. The fraction of sp³-hybridized carbons (Fsp3) is 0.625. The highest BCUT2D eigenvalue weighted by Gasteiger charge is 2.13. The molecule has 0 heterocycles. The Bertz CT molecular complexity index is 358. The van der Waals surface area contributed by atoms with Crippen LogP contribution >= 0.6 is 0 Å². The summed E-state index contributed by atoms with van der Waals surface area (Å²) in [5, 5.41) is 3.58. The molecule has 3 nitrogen and oxygen atoms in total. The minimum atomic E-state index is 0.913. The third-order valence-corrected chi connectivity index (χ3v) is 4.04. The second-order valence-corrected chi connectivity index (χ2v) is 5.47. The molecule has 1 fully saturated rings. The fourth-order valence-corrected chi connectivity index (χ4v) is 2.73. The van der Waals surface area contributed by atoms with Crippen molar-refractivity contribution >= 4 is 5.69 Å². The molecule has 0 aliphatic heterocycles. The van der Waals surface area contributed by atoms with Crippen LogP contribution in [0.1, 0.15) is 25.7 Å². The van der Waals surface area contributed by atoms with E-state index in [2.05, 4.69) is 29.4 Å². The lowest BCUT2D eigenvalue weighted by Gasteiger charge is -2.20. The Labute approximate surface area is 116 Å². The first kappa shape index (κ1) is 14.2. The second kappa shape index (κ2) is 7.39. The van der Waals surface area contributed by atoms with Gasteiger partial charge in [-0.15, -0.1) is 0 Å². The summed E-state index contributed by atoms with van der Waals surface area (Å²) in [5.41, 5.74) is 1.24. The first-order valence-electron chi connectivity index (χ1n) is 7.35. The number of hydrogen-bond donors (Lipinski definition) is 1. The van der Waals surface area contributed by atoms with Gasteiger partial charge in [0, 0.05) is 25.8 Å². The predicted octanol–water partition coefficient (Wildman–Crippen LogP) is 2.91. The van der Waals surface area contributed by atoms with E-state index in [1.165, 1.54) is 37.9 Å². The summed E-state index contributed by atoms with van der Waals surface area (Å²) in [4.78, 5) is 2.28. The maximum atomic E-state index is 5.17. The van der Waals surface area contributed by atoms with E-state index in [0.29, 0.717) is 0 Å². The van der Waals surface area contributed by atoms with Gasteiger partial charge in [-0.1, -0.05) is 12.8 Å². The molecule has 0 unspecified atom stereocenters. The van der Waals surface area contributed by atoms with Gasteiger partial charge >= 0.3 is 0 Å². The molecule has 1 N–H and O–H groups in total. The zero-order valence-corrected chi connectivity index (χ0v) is 12.2. The maximum absolute atomic E-state index is 5.17. The summed E-state index contributed by atoms with van der Waals surface area (Å²) in [6.07, 6.45) is 5.69. The molecule has 0 amide bonds. The van der Waals surface area contributed by atoms with E-state index in [9.17, 15) is 0 Å². The number of nitrogens with zero attached hydrogens (tertiary/aromatic N) is 1. The fourth-order valence-electron chi connectivity index (χ4n) is 2.73. The molecule has 1 aromatic carbocycles. The molecule has 0 spiro atoms. The van der Waals surface area contributed by atoms with Crippen molar-refractivity contribution in [1.29, 1.82) is 0 Å². The first-order valence-corrected chi connectivity index (χ1v) is 7.35. The Morgan fingerprint density at radius 2 is 1.89 bits per heavy atom. The number of nitrogens with one attached hydrogen (secondary N) is 1. The van der Waals surface area contributed by atoms with Crippen LogP contribution in [-0.2, 0) is 0 Å². The zero-order valence-electron chi connectivity index (χ0n) is 12.2. The Kier molecular flexibility index (Phi) is 5.52.